The zero-order valence-electron chi connectivity index (χ0n) is 9.35. The van der Waals surface area contributed by atoms with Crippen molar-refractivity contribution in [3.05, 3.63) is 29.8 Å². The predicted octanol–water partition coefficient (Wildman–Crippen LogP) is 1.56. The van der Waals surface area contributed by atoms with Gasteiger partial charge < -0.3 is 15.1 Å². The summed E-state index contributed by atoms with van der Waals surface area (Å²) in [4.78, 5) is 2.09. The minimum atomic E-state index is -0.424. The molecule has 0 aromatic heterocycles. The van der Waals surface area contributed by atoms with E-state index < -0.39 is 6.10 Å². The van der Waals surface area contributed by atoms with Crippen molar-refractivity contribution in [2.75, 3.05) is 24.6 Å². The van der Waals surface area contributed by atoms with Gasteiger partial charge in [-0.3, -0.25) is 0 Å². The van der Waals surface area contributed by atoms with Gasteiger partial charge in [-0.05, 0) is 31.5 Å². The molecule has 0 bridgehead atoms. The third-order valence-corrected chi connectivity index (χ3v) is 2.49. The topological polar surface area (TPSA) is 43.7 Å². The van der Waals surface area contributed by atoms with Gasteiger partial charge in [0.1, 0.15) is 0 Å². The molecule has 0 saturated carbocycles. The standard InChI is InChI=1S/C12H19NO2/c1-3-13(8-9-14)12-6-4-11(5-7-12)10(2)15/h4-7,10,14-15H,3,8-9H2,1-2H3. The summed E-state index contributed by atoms with van der Waals surface area (Å²) in [6.45, 7) is 5.48. The molecule has 0 fully saturated rings. The lowest BCUT2D eigenvalue weighted by Crippen LogP contribution is -2.25. The highest BCUT2D eigenvalue weighted by atomic mass is 16.3. The highest BCUT2D eigenvalue weighted by Crippen LogP contribution is 2.18. The largest absolute Gasteiger partial charge is 0.395 e. The molecule has 3 heteroatoms. The molecule has 1 aromatic rings. The fraction of sp³-hybridized carbons (Fsp3) is 0.500. The Labute approximate surface area is 91.0 Å². The Bertz CT molecular complexity index is 282. The lowest BCUT2D eigenvalue weighted by molar-refractivity contribution is 0.199. The summed E-state index contributed by atoms with van der Waals surface area (Å²) in [5, 5.41) is 18.3. The molecule has 0 spiro atoms. The number of rotatable bonds is 5. The molecule has 3 nitrogen and oxygen atoms in total. The van der Waals surface area contributed by atoms with Crippen molar-refractivity contribution in [1.82, 2.24) is 0 Å². The number of anilines is 1. The Kier molecular flexibility index (Phi) is 4.59. The van der Waals surface area contributed by atoms with Crippen LogP contribution in [0.25, 0.3) is 0 Å². The van der Waals surface area contributed by atoms with E-state index in [1.54, 1.807) is 6.92 Å². The fourth-order valence-corrected chi connectivity index (χ4v) is 1.55. The molecule has 0 aliphatic heterocycles. The Morgan fingerprint density at radius 3 is 2.27 bits per heavy atom. The number of hydrogen-bond acceptors (Lipinski definition) is 3. The minimum absolute atomic E-state index is 0.159. The first kappa shape index (κ1) is 12.0. The van der Waals surface area contributed by atoms with Gasteiger partial charge >= 0.3 is 0 Å². The zero-order chi connectivity index (χ0) is 11.3. The summed E-state index contributed by atoms with van der Waals surface area (Å²) in [6.07, 6.45) is -0.424. The number of nitrogens with zero attached hydrogens (tertiary/aromatic N) is 1. The Morgan fingerprint density at radius 2 is 1.87 bits per heavy atom. The van der Waals surface area contributed by atoms with E-state index in [2.05, 4.69) is 11.8 Å². The van der Waals surface area contributed by atoms with Crippen LogP contribution in [0.5, 0.6) is 0 Å². The van der Waals surface area contributed by atoms with E-state index in [9.17, 15) is 5.11 Å². The molecular formula is C12H19NO2. The third kappa shape index (κ3) is 3.22. The number of aliphatic hydroxyl groups is 2. The van der Waals surface area contributed by atoms with Gasteiger partial charge in [-0.25, -0.2) is 0 Å². The first-order chi connectivity index (χ1) is 7.19. The average molecular weight is 209 g/mol. The highest BCUT2D eigenvalue weighted by molar-refractivity contribution is 5.47. The summed E-state index contributed by atoms with van der Waals surface area (Å²) in [7, 11) is 0. The van der Waals surface area contributed by atoms with Crippen molar-refractivity contribution in [2.24, 2.45) is 0 Å². The molecule has 1 aromatic carbocycles. The van der Waals surface area contributed by atoms with Gasteiger partial charge in [0.25, 0.3) is 0 Å². The second kappa shape index (κ2) is 5.73. The third-order valence-electron chi connectivity index (χ3n) is 2.49. The van der Waals surface area contributed by atoms with E-state index >= 15 is 0 Å². The summed E-state index contributed by atoms with van der Waals surface area (Å²) in [5.41, 5.74) is 2.00. The van der Waals surface area contributed by atoms with Crippen molar-refractivity contribution < 1.29 is 10.2 Å². The second-order valence-electron chi connectivity index (χ2n) is 3.57. The van der Waals surface area contributed by atoms with Crippen LogP contribution in [0.4, 0.5) is 5.69 Å². The van der Waals surface area contributed by atoms with E-state index in [0.717, 1.165) is 17.8 Å². The zero-order valence-corrected chi connectivity index (χ0v) is 9.35. The van der Waals surface area contributed by atoms with Gasteiger partial charge in [-0.15, -0.1) is 0 Å². The molecule has 0 aliphatic carbocycles. The number of hydrogen-bond donors (Lipinski definition) is 2. The van der Waals surface area contributed by atoms with Gasteiger partial charge in [0.2, 0.25) is 0 Å². The van der Waals surface area contributed by atoms with Gasteiger partial charge in [-0.1, -0.05) is 12.1 Å². The molecule has 84 valence electrons. The van der Waals surface area contributed by atoms with Crippen LogP contribution in [0.2, 0.25) is 0 Å². The average Bonchev–Trinajstić information content (AvgIpc) is 2.26. The molecule has 0 saturated heterocycles. The highest BCUT2D eigenvalue weighted by Gasteiger charge is 2.04. The lowest BCUT2D eigenvalue weighted by atomic mass is 10.1. The van der Waals surface area contributed by atoms with Gasteiger partial charge in [0, 0.05) is 18.8 Å². The Morgan fingerprint density at radius 1 is 1.27 bits per heavy atom. The normalized spacial score (nSPS) is 12.5. The Hall–Kier alpha value is -1.06. The van der Waals surface area contributed by atoms with Crippen molar-refractivity contribution in [3.8, 4) is 0 Å². The van der Waals surface area contributed by atoms with E-state index in [1.807, 2.05) is 24.3 Å². The van der Waals surface area contributed by atoms with Gasteiger partial charge in [-0.2, -0.15) is 0 Å². The summed E-state index contributed by atoms with van der Waals surface area (Å²) >= 11 is 0. The van der Waals surface area contributed by atoms with Crippen molar-refractivity contribution in [1.29, 1.82) is 0 Å². The lowest BCUT2D eigenvalue weighted by Gasteiger charge is -2.22. The Balaban J connectivity index is 2.77. The van der Waals surface area contributed by atoms with Crippen LogP contribution in [0.1, 0.15) is 25.5 Å². The maximum atomic E-state index is 9.36. The SMILES string of the molecule is CCN(CCO)c1ccc(C(C)O)cc1. The molecule has 0 heterocycles. The molecule has 0 amide bonds. The van der Waals surface area contributed by atoms with Crippen LogP contribution in [0.15, 0.2) is 24.3 Å². The predicted molar refractivity (Wildman–Crippen MR) is 62.0 cm³/mol. The first-order valence-electron chi connectivity index (χ1n) is 5.32. The summed E-state index contributed by atoms with van der Waals surface area (Å²) < 4.78 is 0. The molecule has 0 radical (unpaired) electrons. The fourth-order valence-electron chi connectivity index (χ4n) is 1.55. The molecule has 1 unspecified atom stereocenters. The molecule has 15 heavy (non-hydrogen) atoms. The molecule has 0 aliphatic rings. The van der Waals surface area contributed by atoms with E-state index in [4.69, 9.17) is 5.11 Å². The van der Waals surface area contributed by atoms with Crippen LogP contribution in [-0.4, -0.2) is 29.9 Å². The molecular weight excluding hydrogens is 190 g/mol. The van der Waals surface area contributed by atoms with E-state index in [0.29, 0.717) is 6.54 Å². The van der Waals surface area contributed by atoms with Crippen molar-refractivity contribution in [2.45, 2.75) is 20.0 Å². The van der Waals surface area contributed by atoms with Gasteiger partial charge in [0.05, 0.1) is 12.7 Å². The number of aliphatic hydroxyl groups excluding tert-OH is 2. The molecule has 1 rings (SSSR count). The van der Waals surface area contributed by atoms with Crippen LogP contribution in [-0.2, 0) is 0 Å². The first-order valence-corrected chi connectivity index (χ1v) is 5.32. The van der Waals surface area contributed by atoms with E-state index in [-0.39, 0.29) is 6.61 Å². The minimum Gasteiger partial charge on any atom is -0.395 e. The van der Waals surface area contributed by atoms with Crippen LogP contribution < -0.4 is 4.90 Å². The monoisotopic (exact) mass is 209 g/mol. The van der Waals surface area contributed by atoms with Crippen LogP contribution in [0, 0.1) is 0 Å². The number of likely N-dealkylation sites (N-methyl/N-ethyl adjacent to an activating group) is 1. The van der Waals surface area contributed by atoms with Crippen molar-refractivity contribution in [3.63, 3.8) is 0 Å². The van der Waals surface area contributed by atoms with Crippen LogP contribution >= 0.6 is 0 Å². The van der Waals surface area contributed by atoms with Crippen LogP contribution in [0.3, 0.4) is 0 Å². The quantitative estimate of drug-likeness (QED) is 0.773. The smallest absolute Gasteiger partial charge is 0.0761 e. The van der Waals surface area contributed by atoms with Crippen molar-refractivity contribution >= 4 is 5.69 Å². The van der Waals surface area contributed by atoms with E-state index in [1.165, 1.54) is 0 Å². The summed E-state index contributed by atoms with van der Waals surface area (Å²) in [5.74, 6) is 0. The maximum Gasteiger partial charge on any atom is 0.0761 e. The molecule has 2 N–H and O–H groups in total. The summed E-state index contributed by atoms with van der Waals surface area (Å²) in [6, 6.07) is 7.78. The molecule has 1 atom stereocenters. The van der Waals surface area contributed by atoms with Gasteiger partial charge in [0.15, 0.2) is 0 Å². The second-order valence-corrected chi connectivity index (χ2v) is 3.57. The maximum absolute atomic E-state index is 9.36. The number of benzene rings is 1.